The number of esters is 1. The molecule has 0 aromatic heterocycles. The molecule has 4 nitrogen and oxygen atoms in total. The second-order valence-corrected chi connectivity index (χ2v) is 5.48. The zero-order valence-electron chi connectivity index (χ0n) is 12.9. The second-order valence-electron chi connectivity index (χ2n) is 5.48. The molecule has 128 valence electrons. The highest BCUT2D eigenvalue weighted by molar-refractivity contribution is 5.72. The van der Waals surface area contributed by atoms with Gasteiger partial charge in [-0.3, -0.25) is 9.69 Å². The van der Waals surface area contributed by atoms with Crippen molar-refractivity contribution in [3.8, 4) is 5.75 Å². The van der Waals surface area contributed by atoms with Crippen LogP contribution in [-0.4, -0.2) is 44.2 Å². The van der Waals surface area contributed by atoms with E-state index in [9.17, 15) is 18.0 Å². The lowest BCUT2D eigenvalue weighted by atomic mass is 9.97. The van der Waals surface area contributed by atoms with Gasteiger partial charge in [0.1, 0.15) is 12.4 Å². The van der Waals surface area contributed by atoms with Gasteiger partial charge in [-0.25, -0.2) is 0 Å². The Morgan fingerprint density at radius 2 is 1.91 bits per heavy atom. The zero-order chi connectivity index (χ0) is 16.9. The summed E-state index contributed by atoms with van der Waals surface area (Å²) >= 11 is 0. The van der Waals surface area contributed by atoms with E-state index in [1.54, 1.807) is 0 Å². The van der Waals surface area contributed by atoms with Gasteiger partial charge in [0.25, 0.3) is 0 Å². The highest BCUT2D eigenvalue weighted by Gasteiger charge is 2.34. The van der Waals surface area contributed by atoms with Crippen molar-refractivity contribution in [2.75, 3.05) is 33.4 Å². The SMILES string of the molecule is COC(=O)C1CCN(CCOc2ccccc2C(F)(F)F)CC1. The first kappa shape index (κ1) is 17.6. The molecule has 1 aromatic rings. The zero-order valence-corrected chi connectivity index (χ0v) is 12.9. The third kappa shape index (κ3) is 4.86. The molecule has 2 rings (SSSR count). The molecule has 23 heavy (non-hydrogen) atoms. The first-order valence-corrected chi connectivity index (χ1v) is 7.51. The number of para-hydroxylation sites is 1. The Kier molecular flexibility index (Phi) is 5.87. The molecule has 1 aromatic carbocycles. The van der Waals surface area contributed by atoms with Crippen molar-refractivity contribution >= 4 is 5.97 Å². The summed E-state index contributed by atoms with van der Waals surface area (Å²) in [6, 6.07) is 5.20. The van der Waals surface area contributed by atoms with Gasteiger partial charge in [0, 0.05) is 6.54 Å². The summed E-state index contributed by atoms with van der Waals surface area (Å²) in [6.45, 7) is 2.13. The van der Waals surface area contributed by atoms with E-state index in [1.807, 2.05) is 0 Å². The van der Waals surface area contributed by atoms with E-state index < -0.39 is 11.7 Å². The molecule has 0 spiro atoms. The maximum atomic E-state index is 12.8. The Bertz CT molecular complexity index is 526. The third-order valence-corrected chi connectivity index (χ3v) is 3.98. The summed E-state index contributed by atoms with van der Waals surface area (Å²) in [5.41, 5.74) is -0.760. The number of rotatable bonds is 5. The van der Waals surface area contributed by atoms with Gasteiger partial charge < -0.3 is 9.47 Å². The maximum absolute atomic E-state index is 12.8. The quantitative estimate of drug-likeness (QED) is 0.778. The van der Waals surface area contributed by atoms with Crippen LogP contribution in [0.25, 0.3) is 0 Å². The fourth-order valence-electron chi connectivity index (χ4n) is 2.67. The number of ether oxygens (including phenoxy) is 2. The number of piperidine rings is 1. The predicted octanol–water partition coefficient (Wildman–Crippen LogP) is 2.97. The van der Waals surface area contributed by atoms with Crippen molar-refractivity contribution in [1.82, 2.24) is 4.90 Å². The Balaban J connectivity index is 1.80. The van der Waals surface area contributed by atoms with Gasteiger partial charge in [-0.15, -0.1) is 0 Å². The van der Waals surface area contributed by atoms with Crippen LogP contribution in [-0.2, 0) is 15.7 Å². The Morgan fingerprint density at radius 1 is 1.26 bits per heavy atom. The number of hydrogen-bond donors (Lipinski definition) is 0. The van der Waals surface area contributed by atoms with Crippen molar-refractivity contribution in [1.29, 1.82) is 0 Å². The average Bonchev–Trinajstić information content (AvgIpc) is 2.54. The van der Waals surface area contributed by atoms with Gasteiger partial charge in [0.15, 0.2) is 0 Å². The molecule has 1 heterocycles. The van der Waals surface area contributed by atoms with Gasteiger partial charge in [0.2, 0.25) is 0 Å². The van der Waals surface area contributed by atoms with Crippen LogP contribution in [0.4, 0.5) is 13.2 Å². The van der Waals surface area contributed by atoms with E-state index in [0.29, 0.717) is 32.5 Å². The molecule has 7 heteroatoms. The van der Waals surface area contributed by atoms with Crippen LogP contribution in [0.5, 0.6) is 5.75 Å². The number of benzene rings is 1. The van der Waals surface area contributed by atoms with Crippen LogP contribution in [0.1, 0.15) is 18.4 Å². The molecule has 0 amide bonds. The van der Waals surface area contributed by atoms with Gasteiger partial charge in [0.05, 0.1) is 18.6 Å². The summed E-state index contributed by atoms with van der Waals surface area (Å²) < 4.78 is 48.6. The van der Waals surface area contributed by atoms with Gasteiger partial charge in [-0.2, -0.15) is 13.2 Å². The highest BCUT2D eigenvalue weighted by atomic mass is 19.4. The predicted molar refractivity (Wildman–Crippen MR) is 78.1 cm³/mol. The molecule has 1 aliphatic heterocycles. The Morgan fingerprint density at radius 3 is 2.52 bits per heavy atom. The number of likely N-dealkylation sites (tertiary alicyclic amines) is 1. The second kappa shape index (κ2) is 7.68. The monoisotopic (exact) mass is 331 g/mol. The maximum Gasteiger partial charge on any atom is 0.419 e. The fraction of sp³-hybridized carbons (Fsp3) is 0.562. The third-order valence-electron chi connectivity index (χ3n) is 3.98. The van der Waals surface area contributed by atoms with Crippen LogP contribution in [0.3, 0.4) is 0 Å². The smallest absolute Gasteiger partial charge is 0.419 e. The Labute approximate surface area is 133 Å². The fourth-order valence-corrected chi connectivity index (χ4v) is 2.67. The lowest BCUT2D eigenvalue weighted by Gasteiger charge is -2.30. The summed E-state index contributed by atoms with van der Waals surface area (Å²) in [5.74, 6) is -0.424. The molecule has 0 unspecified atom stereocenters. The van der Waals surface area contributed by atoms with Crippen LogP contribution in [0, 0.1) is 5.92 Å². The van der Waals surface area contributed by atoms with E-state index in [4.69, 9.17) is 9.47 Å². The number of nitrogens with zero attached hydrogens (tertiary/aromatic N) is 1. The number of carbonyl (C=O) groups is 1. The number of methoxy groups -OCH3 is 1. The van der Waals surface area contributed by atoms with E-state index >= 15 is 0 Å². The summed E-state index contributed by atoms with van der Waals surface area (Å²) in [5, 5.41) is 0. The van der Waals surface area contributed by atoms with Crippen LogP contribution in [0.2, 0.25) is 0 Å². The minimum atomic E-state index is -4.42. The number of hydrogen-bond acceptors (Lipinski definition) is 4. The number of alkyl halides is 3. The molecule has 0 radical (unpaired) electrons. The number of carbonyl (C=O) groups excluding carboxylic acids is 1. The molecule has 1 saturated heterocycles. The molecule has 0 atom stereocenters. The molecule has 1 aliphatic rings. The summed E-state index contributed by atoms with van der Waals surface area (Å²) in [7, 11) is 1.38. The van der Waals surface area contributed by atoms with Crippen molar-refractivity contribution in [3.05, 3.63) is 29.8 Å². The van der Waals surface area contributed by atoms with Crippen molar-refractivity contribution in [2.45, 2.75) is 19.0 Å². The van der Waals surface area contributed by atoms with Crippen LogP contribution < -0.4 is 4.74 Å². The highest BCUT2D eigenvalue weighted by Crippen LogP contribution is 2.35. The minimum absolute atomic E-state index is 0.0804. The lowest BCUT2D eigenvalue weighted by Crippen LogP contribution is -2.38. The molecule has 1 fully saturated rings. The van der Waals surface area contributed by atoms with E-state index in [0.717, 1.165) is 6.07 Å². The van der Waals surface area contributed by atoms with Crippen molar-refractivity contribution in [3.63, 3.8) is 0 Å². The summed E-state index contributed by atoms with van der Waals surface area (Å²) in [6.07, 6.45) is -3.02. The molecular weight excluding hydrogens is 311 g/mol. The molecule has 0 bridgehead atoms. The first-order chi connectivity index (χ1) is 10.9. The molecule has 0 saturated carbocycles. The van der Waals surface area contributed by atoms with Crippen molar-refractivity contribution in [2.24, 2.45) is 5.92 Å². The number of halogens is 3. The minimum Gasteiger partial charge on any atom is -0.492 e. The largest absolute Gasteiger partial charge is 0.492 e. The topological polar surface area (TPSA) is 38.8 Å². The van der Waals surface area contributed by atoms with Gasteiger partial charge >= 0.3 is 12.1 Å². The van der Waals surface area contributed by atoms with Gasteiger partial charge in [-0.05, 0) is 38.1 Å². The first-order valence-electron chi connectivity index (χ1n) is 7.51. The Hall–Kier alpha value is -1.76. The van der Waals surface area contributed by atoms with Crippen molar-refractivity contribution < 1.29 is 27.4 Å². The summed E-state index contributed by atoms with van der Waals surface area (Å²) in [4.78, 5) is 13.5. The van der Waals surface area contributed by atoms with Crippen LogP contribution >= 0.6 is 0 Å². The van der Waals surface area contributed by atoms with Crippen LogP contribution in [0.15, 0.2) is 24.3 Å². The van der Waals surface area contributed by atoms with Gasteiger partial charge in [-0.1, -0.05) is 12.1 Å². The standard InChI is InChI=1S/C16H20F3NO3/c1-22-15(21)12-6-8-20(9-7-12)10-11-23-14-5-3-2-4-13(14)16(17,18)19/h2-5,12H,6-11H2,1H3. The molecular formula is C16H20F3NO3. The van der Waals surface area contributed by atoms with E-state index in [1.165, 1.54) is 25.3 Å². The van der Waals surface area contributed by atoms with E-state index in [-0.39, 0.29) is 24.2 Å². The normalized spacial score (nSPS) is 17.0. The van der Waals surface area contributed by atoms with E-state index in [2.05, 4.69) is 4.90 Å². The average molecular weight is 331 g/mol. The molecule has 0 N–H and O–H groups in total. The lowest BCUT2D eigenvalue weighted by molar-refractivity contribution is -0.147. The molecule has 0 aliphatic carbocycles.